The number of amides is 3. The van der Waals surface area contributed by atoms with E-state index in [1.54, 1.807) is 42.2 Å². The highest BCUT2D eigenvalue weighted by Gasteiger charge is 2.26. The van der Waals surface area contributed by atoms with Gasteiger partial charge in [-0.2, -0.15) is 5.10 Å². The van der Waals surface area contributed by atoms with Crippen molar-refractivity contribution in [1.29, 1.82) is 0 Å². The summed E-state index contributed by atoms with van der Waals surface area (Å²) in [7, 11) is 5.16. The van der Waals surface area contributed by atoms with E-state index in [-0.39, 0.29) is 53.7 Å². The van der Waals surface area contributed by atoms with Crippen molar-refractivity contribution in [3.63, 3.8) is 0 Å². The number of allylic oxidation sites excluding steroid dienone is 1. The number of anilines is 1. The zero-order chi connectivity index (χ0) is 64.8. The number of carbonyl (C=O) groups is 4. The average Bonchev–Trinajstić information content (AvgIpc) is 1.44. The van der Waals surface area contributed by atoms with E-state index in [9.17, 15) is 29.4 Å². The van der Waals surface area contributed by atoms with E-state index in [0.29, 0.717) is 143 Å². The Morgan fingerprint density at radius 3 is 2.25 bits per heavy atom. The predicted molar refractivity (Wildman–Crippen MR) is 350 cm³/mol. The number of phenolic OH excluding ortho intramolecular Hbond substituents is 2. The van der Waals surface area contributed by atoms with Gasteiger partial charge in [-0.05, 0) is 112 Å². The Morgan fingerprint density at radius 2 is 1.65 bits per heavy atom. The third-order valence-corrected chi connectivity index (χ3v) is 13.4. The highest BCUT2D eigenvalue weighted by atomic mass is 19.1. The van der Waals surface area contributed by atoms with Gasteiger partial charge in [0.1, 0.15) is 41.1 Å². The molecule has 1 aliphatic heterocycles. The van der Waals surface area contributed by atoms with Crippen LogP contribution >= 0.6 is 0 Å². The van der Waals surface area contributed by atoms with Crippen molar-refractivity contribution in [2.45, 2.75) is 66.3 Å². The molecule has 478 valence electrons. The van der Waals surface area contributed by atoms with Crippen molar-refractivity contribution in [2.24, 2.45) is 35.9 Å². The Morgan fingerprint density at radius 1 is 0.909 bits per heavy atom. The molecule has 0 spiro atoms. The lowest BCUT2D eigenvalue weighted by Gasteiger charge is -2.34. The number of methoxy groups -OCH3 is 1. The molecule has 0 unspecified atom stereocenters. The van der Waals surface area contributed by atoms with Crippen LogP contribution in [0, 0.1) is 5.82 Å². The van der Waals surface area contributed by atoms with Crippen LogP contribution in [0.1, 0.15) is 81.2 Å². The summed E-state index contributed by atoms with van der Waals surface area (Å²) in [4.78, 5) is 70.7. The van der Waals surface area contributed by atoms with E-state index < -0.39 is 11.9 Å². The number of nitrogens with one attached hydrogen (secondary N) is 4. The summed E-state index contributed by atoms with van der Waals surface area (Å²) in [6.07, 6.45) is 5.15. The molecule has 0 radical (unpaired) electrons. The standard InChI is InChI=1S/C55H75FN12O8.C6H9N3O.C2H6/c1-9-62-50(72)36-68(54(64-60-7)45-33-44(38(2)3)47(70)34-48(45)71)41-16-13-39(14-17-41)35-66(26-23-61-37-69)24-10-12-40-15-18-42(32-46(40)56)76-55(73)67-29-27-65(28-30-67)25-11-31-75-49-20-19-43(51(58-5)52(49)74-8)53(59-6)63-22-21-57-4;1-8-2-6(4-10)3-9-5-7;1-2/h13-20,32-34,37-38,57,70-71H,5,7,9-12,21-31,35-36H2,1-4,6,8H3,(H,59,63)(H,61,69)(H,62,72);2-4H,1,5,7H2;1-2H3/b64-54-;6-2+,9-3-;. The number of aryl methyl sites for hydroxylation is 1. The van der Waals surface area contributed by atoms with E-state index in [1.165, 1.54) is 24.5 Å². The van der Waals surface area contributed by atoms with Crippen LogP contribution in [0.25, 0.3) is 0 Å². The largest absolute Gasteiger partial charge is 0.508 e. The molecule has 0 saturated carbocycles. The molecule has 1 saturated heterocycles. The molecule has 4 aromatic rings. The Labute approximate surface area is 517 Å². The Bertz CT molecular complexity index is 2990. The van der Waals surface area contributed by atoms with Crippen LogP contribution in [0.5, 0.6) is 28.7 Å². The van der Waals surface area contributed by atoms with Crippen LogP contribution in [0.15, 0.2) is 109 Å². The van der Waals surface area contributed by atoms with Gasteiger partial charge in [0.25, 0.3) is 0 Å². The maximum atomic E-state index is 15.5. The first kappa shape index (κ1) is 73.3. The second-order valence-corrected chi connectivity index (χ2v) is 19.6. The van der Waals surface area contributed by atoms with Gasteiger partial charge >= 0.3 is 6.09 Å². The quantitative estimate of drug-likeness (QED) is 0.00674. The van der Waals surface area contributed by atoms with Crippen molar-refractivity contribution in [3.05, 3.63) is 112 Å². The number of aromatic hydroxyl groups is 2. The highest BCUT2D eigenvalue weighted by molar-refractivity contribution is 6.14. The van der Waals surface area contributed by atoms with Crippen molar-refractivity contribution in [3.8, 4) is 28.7 Å². The second-order valence-electron chi connectivity index (χ2n) is 19.6. The number of benzene rings is 4. The molecular weight excluding hydrogens is 1130 g/mol. The monoisotopic (exact) mass is 1220 g/mol. The fourth-order valence-electron chi connectivity index (χ4n) is 9.08. The average molecular weight is 1220 g/mol. The summed E-state index contributed by atoms with van der Waals surface area (Å²) in [6, 6.07) is 18.6. The topological polar surface area (TPSA) is 298 Å². The number of hydrogen-bond acceptors (Lipinski definition) is 19. The maximum absolute atomic E-state index is 15.5. The molecule has 4 aromatic carbocycles. The van der Waals surface area contributed by atoms with Crippen molar-refractivity contribution < 1.29 is 48.0 Å². The number of piperazine rings is 1. The summed E-state index contributed by atoms with van der Waals surface area (Å²) in [5, 5.41) is 41.5. The van der Waals surface area contributed by atoms with Gasteiger partial charge < -0.3 is 61.2 Å². The highest BCUT2D eigenvalue weighted by Crippen LogP contribution is 2.40. The van der Waals surface area contributed by atoms with Gasteiger partial charge in [-0.15, -0.1) is 5.10 Å². The van der Waals surface area contributed by atoms with Gasteiger partial charge in [0, 0.05) is 122 Å². The van der Waals surface area contributed by atoms with Gasteiger partial charge in [0.05, 0.1) is 31.5 Å². The number of amidine groups is 2. The van der Waals surface area contributed by atoms with Crippen molar-refractivity contribution >= 4 is 74.1 Å². The zero-order valence-electron chi connectivity index (χ0n) is 52.3. The van der Waals surface area contributed by atoms with E-state index in [0.717, 1.165) is 30.6 Å². The Kier molecular flexibility index (Phi) is 34.4. The number of phenols is 2. The summed E-state index contributed by atoms with van der Waals surface area (Å²) < 4.78 is 33.0. The molecule has 1 aliphatic rings. The van der Waals surface area contributed by atoms with Crippen LogP contribution in [0.2, 0.25) is 0 Å². The first-order chi connectivity index (χ1) is 42.6. The molecule has 24 nitrogen and oxygen atoms in total. The number of nitrogens with zero attached hydrogens (tertiary/aromatic N) is 10. The van der Waals surface area contributed by atoms with E-state index in [2.05, 4.69) is 81.4 Å². The minimum atomic E-state index is -0.535. The number of likely N-dealkylation sites (N-methyl/N-ethyl adjacent to an activating group) is 2. The van der Waals surface area contributed by atoms with Gasteiger partial charge in [0.15, 0.2) is 23.6 Å². The molecule has 0 aromatic heterocycles. The summed E-state index contributed by atoms with van der Waals surface area (Å²) in [5.41, 5.74) is 9.53. The number of halogens is 1. The molecule has 0 bridgehead atoms. The van der Waals surface area contributed by atoms with Crippen LogP contribution in [-0.4, -0.2) is 201 Å². The molecule has 1 fully saturated rings. The minimum absolute atomic E-state index is 0.0669. The third-order valence-electron chi connectivity index (χ3n) is 13.4. The van der Waals surface area contributed by atoms with Crippen LogP contribution < -0.4 is 46.1 Å². The molecule has 1 heterocycles. The van der Waals surface area contributed by atoms with Gasteiger partial charge in [-0.25, -0.2) is 9.18 Å². The predicted octanol–water partition coefficient (Wildman–Crippen LogP) is 6.44. The van der Waals surface area contributed by atoms with Gasteiger partial charge in [-0.1, -0.05) is 45.9 Å². The Balaban J connectivity index is 0.00000153. The van der Waals surface area contributed by atoms with Crippen molar-refractivity contribution in [2.75, 3.05) is 118 Å². The van der Waals surface area contributed by atoms with E-state index in [1.807, 2.05) is 78.1 Å². The summed E-state index contributed by atoms with van der Waals surface area (Å²) in [5.74, 6) is 0.836. The number of carbonyl (C=O) groups excluding carboxylic acids is 4. The molecule has 5 rings (SSSR count). The fourth-order valence-corrected chi connectivity index (χ4v) is 9.08. The number of hydrogen-bond donors (Lipinski definition) is 7. The third kappa shape index (κ3) is 23.7. The normalized spacial score (nSPS) is 12.7. The van der Waals surface area contributed by atoms with Gasteiger partial charge in [-0.3, -0.25) is 44.2 Å². The second kappa shape index (κ2) is 41.2. The number of ether oxygens (including phenoxy) is 3. The zero-order valence-corrected chi connectivity index (χ0v) is 52.3. The first-order valence-electron chi connectivity index (χ1n) is 29.2. The summed E-state index contributed by atoms with van der Waals surface area (Å²) >= 11 is 0. The number of aliphatic imine (C=N–C) groups is 4. The minimum Gasteiger partial charge on any atom is -0.508 e. The molecule has 25 heteroatoms. The number of nitrogens with two attached hydrogens (primary N) is 1. The maximum Gasteiger partial charge on any atom is 0.415 e. The SMILES string of the molecule is C=N/C=C(C=O)\C=N/CN.C=N/N=C(/c1cc(C(C)C)c(O)cc1O)N(CC(=O)NCC)c1ccc(CN(CCCc2ccc(OC(=O)N3CCN(CCCOc4ccc(C(=NC)NCCNC)c(N=C)c4OC)CC3)cc2F)CCNC=O)cc1.CC. The van der Waals surface area contributed by atoms with E-state index in [4.69, 9.17) is 19.9 Å². The molecule has 3 amide bonds. The number of rotatable bonds is 33. The van der Waals surface area contributed by atoms with Gasteiger partial charge in [0.2, 0.25) is 12.3 Å². The lowest BCUT2D eigenvalue weighted by atomic mass is 9.98. The number of aldehydes is 1. The lowest BCUT2D eigenvalue weighted by Crippen LogP contribution is -2.49. The van der Waals surface area contributed by atoms with Crippen LogP contribution in [-0.2, 0) is 27.3 Å². The lowest BCUT2D eigenvalue weighted by molar-refractivity contribution is -0.119. The molecule has 8 N–H and O–H groups in total. The van der Waals surface area contributed by atoms with Crippen LogP contribution in [0.3, 0.4) is 0 Å². The summed E-state index contributed by atoms with van der Waals surface area (Å²) in [6.45, 7) is 27.4. The first-order valence-corrected chi connectivity index (χ1v) is 29.2. The van der Waals surface area contributed by atoms with Crippen LogP contribution in [0.4, 0.5) is 20.6 Å². The van der Waals surface area contributed by atoms with Crippen molar-refractivity contribution in [1.82, 2.24) is 36.0 Å². The van der Waals surface area contributed by atoms with E-state index >= 15 is 4.39 Å². The molecule has 88 heavy (non-hydrogen) atoms. The fraction of sp³-hybridized carbons (Fsp3) is 0.429. The molecule has 0 atom stereocenters. The molecular formula is C63H90FN15O9. The molecule has 0 aliphatic carbocycles. The Hall–Kier alpha value is -8.91. The smallest absolute Gasteiger partial charge is 0.415 e.